The molecule has 1 saturated carbocycles. The Morgan fingerprint density at radius 2 is 2.23 bits per heavy atom. The fourth-order valence-corrected chi connectivity index (χ4v) is 2.64. The Hall–Kier alpha value is 0.1000. The minimum atomic E-state index is 0.171. The monoisotopic (exact) mass is 350 g/mol. The Morgan fingerprint density at radius 3 is 2.77 bits per heavy atom. The van der Waals surface area contributed by atoms with Crippen molar-refractivity contribution in [3.05, 3.63) is 31.8 Å². The average molecular weight is 351 g/mol. The molecule has 68 valence electrons. The Morgan fingerprint density at radius 1 is 1.46 bits per heavy atom. The van der Waals surface area contributed by atoms with Gasteiger partial charge in [0.05, 0.1) is 0 Å². The van der Waals surface area contributed by atoms with E-state index in [2.05, 4.69) is 38.5 Å². The van der Waals surface area contributed by atoms with Crippen LogP contribution in [0.5, 0.6) is 0 Å². The lowest BCUT2D eigenvalue weighted by Gasteiger charge is -2.25. The molecule has 0 spiro atoms. The van der Waals surface area contributed by atoms with E-state index in [-0.39, 0.29) is 5.92 Å². The number of halogens is 2. The molecule has 0 heterocycles. The largest absolute Gasteiger partial charge is 0.299 e. The van der Waals surface area contributed by atoms with Crippen molar-refractivity contribution in [2.75, 3.05) is 0 Å². The molecule has 0 radical (unpaired) electrons. The van der Waals surface area contributed by atoms with Gasteiger partial charge in [-0.3, -0.25) is 4.79 Å². The maximum atomic E-state index is 11.3. The lowest BCUT2D eigenvalue weighted by molar-refractivity contribution is -0.125. The van der Waals surface area contributed by atoms with Crippen LogP contribution in [0.3, 0.4) is 0 Å². The molecule has 1 unspecified atom stereocenters. The van der Waals surface area contributed by atoms with Crippen molar-refractivity contribution in [3.8, 4) is 0 Å². The molecule has 0 bridgehead atoms. The lowest BCUT2D eigenvalue weighted by Crippen LogP contribution is -2.24. The molecule has 1 aliphatic rings. The molecule has 1 fully saturated rings. The van der Waals surface area contributed by atoms with Crippen LogP contribution in [0.1, 0.15) is 24.3 Å². The first-order valence-electron chi connectivity index (χ1n) is 4.17. The number of hydrogen-bond acceptors (Lipinski definition) is 1. The van der Waals surface area contributed by atoms with Gasteiger partial charge in [0.1, 0.15) is 5.78 Å². The smallest absolute Gasteiger partial charge is 0.140 e. The highest BCUT2D eigenvalue weighted by molar-refractivity contribution is 14.1. The van der Waals surface area contributed by atoms with Gasteiger partial charge < -0.3 is 0 Å². The van der Waals surface area contributed by atoms with Gasteiger partial charge in [-0.1, -0.05) is 12.1 Å². The van der Waals surface area contributed by atoms with Crippen LogP contribution in [0, 0.1) is 3.57 Å². The summed E-state index contributed by atoms with van der Waals surface area (Å²) >= 11 is 5.76. The van der Waals surface area contributed by atoms with Crippen molar-refractivity contribution in [3.63, 3.8) is 0 Å². The first kappa shape index (κ1) is 9.65. The topological polar surface area (TPSA) is 17.1 Å². The van der Waals surface area contributed by atoms with E-state index in [1.54, 1.807) is 0 Å². The molecule has 1 nitrogen and oxygen atoms in total. The summed E-state index contributed by atoms with van der Waals surface area (Å²) in [4.78, 5) is 11.3. The standard InChI is InChI=1S/C10H8BrIO/c11-8-3-1-2-7(10(8)12)6-4-5-9(6)13/h1-3,6H,4-5H2. The van der Waals surface area contributed by atoms with Gasteiger partial charge in [-0.05, 0) is 56.6 Å². The van der Waals surface area contributed by atoms with Gasteiger partial charge in [0.15, 0.2) is 0 Å². The van der Waals surface area contributed by atoms with Gasteiger partial charge in [0.2, 0.25) is 0 Å². The summed E-state index contributed by atoms with van der Waals surface area (Å²) in [6, 6.07) is 6.05. The van der Waals surface area contributed by atoms with E-state index in [1.807, 2.05) is 18.2 Å². The number of carbonyl (C=O) groups is 1. The lowest BCUT2D eigenvalue weighted by atomic mass is 9.79. The second-order valence-electron chi connectivity index (χ2n) is 3.20. The zero-order chi connectivity index (χ0) is 9.42. The summed E-state index contributed by atoms with van der Waals surface area (Å²) in [7, 11) is 0. The van der Waals surface area contributed by atoms with Crippen molar-refractivity contribution in [2.24, 2.45) is 0 Å². The molecule has 0 amide bonds. The number of hydrogen-bond donors (Lipinski definition) is 0. The van der Waals surface area contributed by atoms with Crippen molar-refractivity contribution >= 4 is 44.3 Å². The van der Waals surface area contributed by atoms with Crippen LogP contribution < -0.4 is 0 Å². The Balaban J connectivity index is 2.40. The summed E-state index contributed by atoms with van der Waals surface area (Å²) in [5, 5.41) is 0. The Bertz CT molecular complexity index is 362. The fourth-order valence-electron chi connectivity index (χ4n) is 1.53. The molecule has 1 aromatic carbocycles. The average Bonchev–Trinajstić information content (AvgIpc) is 2.10. The maximum absolute atomic E-state index is 11.3. The summed E-state index contributed by atoms with van der Waals surface area (Å²) in [5.41, 5.74) is 1.19. The Labute approximate surface area is 99.2 Å². The van der Waals surface area contributed by atoms with Gasteiger partial charge in [-0.25, -0.2) is 0 Å². The van der Waals surface area contributed by atoms with E-state index in [4.69, 9.17) is 0 Å². The van der Waals surface area contributed by atoms with Gasteiger partial charge in [0, 0.05) is 20.4 Å². The molecular formula is C10H8BrIO. The first-order valence-corrected chi connectivity index (χ1v) is 6.04. The number of ketones is 1. The molecule has 0 aliphatic heterocycles. The second kappa shape index (κ2) is 3.69. The third kappa shape index (κ3) is 1.68. The molecule has 2 rings (SSSR count). The third-order valence-corrected chi connectivity index (χ3v) is 5.03. The van der Waals surface area contributed by atoms with Crippen molar-refractivity contribution < 1.29 is 4.79 Å². The molecule has 0 N–H and O–H groups in total. The predicted octanol–water partition coefficient (Wildman–Crippen LogP) is 3.50. The molecule has 0 aromatic heterocycles. The summed E-state index contributed by atoms with van der Waals surface area (Å²) in [5.74, 6) is 0.556. The van der Waals surface area contributed by atoms with E-state index in [0.29, 0.717) is 5.78 Å². The maximum Gasteiger partial charge on any atom is 0.140 e. The molecule has 1 atom stereocenters. The van der Waals surface area contributed by atoms with Crippen molar-refractivity contribution in [2.45, 2.75) is 18.8 Å². The van der Waals surface area contributed by atoms with Crippen LogP contribution in [0.15, 0.2) is 22.7 Å². The van der Waals surface area contributed by atoms with Crippen molar-refractivity contribution in [1.29, 1.82) is 0 Å². The summed E-state index contributed by atoms with van der Waals surface area (Å²) in [6.07, 6.45) is 1.78. The van der Waals surface area contributed by atoms with Crippen LogP contribution in [0.2, 0.25) is 0 Å². The van der Waals surface area contributed by atoms with E-state index in [0.717, 1.165) is 17.3 Å². The normalized spacial score (nSPS) is 21.4. The second-order valence-corrected chi connectivity index (χ2v) is 5.13. The highest BCUT2D eigenvalue weighted by Crippen LogP contribution is 2.37. The van der Waals surface area contributed by atoms with Gasteiger partial charge in [0.25, 0.3) is 0 Å². The number of Topliss-reactive ketones (excluding diaryl/α,β-unsaturated/α-hetero) is 1. The van der Waals surface area contributed by atoms with Gasteiger partial charge in [-0.15, -0.1) is 0 Å². The molecule has 3 heteroatoms. The summed E-state index contributed by atoms with van der Waals surface area (Å²) < 4.78 is 2.27. The van der Waals surface area contributed by atoms with E-state index < -0.39 is 0 Å². The van der Waals surface area contributed by atoms with E-state index in [9.17, 15) is 4.79 Å². The van der Waals surface area contributed by atoms with Crippen LogP contribution in [0.25, 0.3) is 0 Å². The minimum Gasteiger partial charge on any atom is -0.299 e. The minimum absolute atomic E-state index is 0.171. The van der Waals surface area contributed by atoms with Crippen LogP contribution in [0.4, 0.5) is 0 Å². The van der Waals surface area contributed by atoms with Crippen LogP contribution in [-0.2, 0) is 4.79 Å². The van der Waals surface area contributed by atoms with Crippen LogP contribution in [-0.4, -0.2) is 5.78 Å². The number of rotatable bonds is 1. The SMILES string of the molecule is O=C1CCC1c1cccc(Br)c1I. The predicted molar refractivity (Wildman–Crippen MR) is 63.8 cm³/mol. The quantitative estimate of drug-likeness (QED) is 0.708. The van der Waals surface area contributed by atoms with E-state index >= 15 is 0 Å². The molecule has 0 saturated heterocycles. The molecule has 1 aliphatic carbocycles. The molecule has 1 aromatic rings. The highest BCUT2D eigenvalue weighted by Gasteiger charge is 2.31. The zero-order valence-electron chi connectivity index (χ0n) is 6.89. The van der Waals surface area contributed by atoms with Crippen LogP contribution >= 0.6 is 38.5 Å². The summed E-state index contributed by atoms with van der Waals surface area (Å²) in [6.45, 7) is 0. The Kier molecular flexibility index (Phi) is 2.74. The third-order valence-electron chi connectivity index (χ3n) is 2.42. The highest BCUT2D eigenvalue weighted by atomic mass is 127. The molecule has 13 heavy (non-hydrogen) atoms. The number of benzene rings is 1. The fraction of sp³-hybridized carbons (Fsp3) is 0.300. The number of carbonyl (C=O) groups excluding carboxylic acids is 1. The first-order chi connectivity index (χ1) is 6.20. The van der Waals surface area contributed by atoms with Gasteiger partial charge >= 0.3 is 0 Å². The zero-order valence-corrected chi connectivity index (χ0v) is 10.6. The molecular weight excluding hydrogens is 343 g/mol. The van der Waals surface area contributed by atoms with Gasteiger partial charge in [-0.2, -0.15) is 0 Å². The van der Waals surface area contributed by atoms with Crippen molar-refractivity contribution in [1.82, 2.24) is 0 Å². The van der Waals surface area contributed by atoms with E-state index in [1.165, 1.54) is 9.13 Å².